The number of hydrogen-bond donors (Lipinski definition) is 1. The lowest BCUT2D eigenvalue weighted by atomic mass is 9.90. The second-order valence-corrected chi connectivity index (χ2v) is 5.38. The van der Waals surface area contributed by atoms with Gasteiger partial charge in [-0.05, 0) is 31.0 Å². The summed E-state index contributed by atoms with van der Waals surface area (Å²) in [6.07, 6.45) is 1.89. The van der Waals surface area contributed by atoms with E-state index in [0.717, 1.165) is 17.8 Å². The van der Waals surface area contributed by atoms with Crippen molar-refractivity contribution in [2.75, 3.05) is 13.6 Å². The molecule has 0 aromatic carbocycles. The molecule has 0 fully saturated rings. The molecule has 1 aliphatic rings. The summed E-state index contributed by atoms with van der Waals surface area (Å²) in [7, 11) is 2.03. The van der Waals surface area contributed by atoms with E-state index < -0.39 is 5.60 Å². The predicted molar refractivity (Wildman–Crippen MR) is 64.2 cm³/mol. The van der Waals surface area contributed by atoms with Gasteiger partial charge in [-0.25, -0.2) is 0 Å². The van der Waals surface area contributed by atoms with E-state index in [1.54, 1.807) is 0 Å². The minimum atomic E-state index is -0.822. The summed E-state index contributed by atoms with van der Waals surface area (Å²) in [5.41, 5.74) is 2.42. The molecule has 0 saturated carbocycles. The number of fused-ring (bicyclic) bond motifs is 1. The highest BCUT2D eigenvalue weighted by Crippen LogP contribution is 2.30. The molecule has 2 heterocycles. The largest absolute Gasteiger partial charge is 0.382 e. The van der Waals surface area contributed by atoms with Gasteiger partial charge in [-0.2, -0.15) is 0 Å². The molecule has 0 aliphatic carbocycles. The molecular weight excluding hydrogens is 200 g/mol. The Labute approximate surface area is 97.1 Å². The zero-order chi connectivity index (χ0) is 11.9. The third kappa shape index (κ3) is 1.97. The summed E-state index contributed by atoms with van der Waals surface area (Å²) in [6.45, 7) is 7.68. The molecule has 0 amide bonds. The highest BCUT2D eigenvalue weighted by Gasteiger charge is 2.33. The molecule has 0 radical (unpaired) electrons. The summed E-state index contributed by atoms with van der Waals surface area (Å²) in [6, 6.07) is 2.18. The number of rotatable bonds is 1. The molecular formula is C13H20N2O. The van der Waals surface area contributed by atoms with Crippen molar-refractivity contribution in [1.29, 1.82) is 0 Å². The van der Waals surface area contributed by atoms with Crippen LogP contribution in [0.2, 0.25) is 0 Å². The van der Waals surface area contributed by atoms with Crippen molar-refractivity contribution < 1.29 is 5.11 Å². The molecule has 1 aromatic heterocycles. The van der Waals surface area contributed by atoms with Crippen LogP contribution in [-0.4, -0.2) is 28.6 Å². The van der Waals surface area contributed by atoms with Crippen LogP contribution in [0.4, 0.5) is 0 Å². The Morgan fingerprint density at radius 2 is 2.19 bits per heavy atom. The zero-order valence-electron chi connectivity index (χ0n) is 10.5. The van der Waals surface area contributed by atoms with E-state index in [-0.39, 0.29) is 0 Å². The Balaban J connectivity index is 2.47. The molecule has 3 nitrogen and oxygen atoms in total. The summed E-state index contributed by atoms with van der Waals surface area (Å²) in [4.78, 5) is 6.58. The van der Waals surface area contributed by atoms with E-state index in [1.165, 1.54) is 5.56 Å². The zero-order valence-corrected chi connectivity index (χ0v) is 10.5. The highest BCUT2D eigenvalue weighted by atomic mass is 16.3. The van der Waals surface area contributed by atoms with Gasteiger partial charge in [-0.1, -0.05) is 19.9 Å². The molecule has 1 aromatic rings. The molecule has 1 N–H and O–H groups in total. The maximum absolute atomic E-state index is 10.3. The molecule has 0 spiro atoms. The number of aromatic nitrogens is 1. The number of β-amino-alcohol motifs (C(OH)–C–C–N with tert-alkyl or cyclic N) is 1. The average Bonchev–Trinajstić information content (AvgIpc) is 2.14. The van der Waals surface area contributed by atoms with Gasteiger partial charge in [0.15, 0.2) is 0 Å². The molecule has 1 unspecified atom stereocenters. The summed E-state index contributed by atoms with van der Waals surface area (Å²) in [5.74, 6) is 0.481. The standard InChI is InChI=1S/C13H20N2O/c1-9(2)10-5-11-7-15(4)8-13(3,16)12(11)14-6-10/h5-6,9,16H,7-8H2,1-4H3. The summed E-state index contributed by atoms with van der Waals surface area (Å²) < 4.78 is 0. The Bertz CT molecular complexity index is 399. The van der Waals surface area contributed by atoms with Crippen LogP contribution in [0.1, 0.15) is 43.5 Å². The fraction of sp³-hybridized carbons (Fsp3) is 0.615. The van der Waals surface area contributed by atoms with E-state index in [2.05, 4.69) is 29.8 Å². The maximum Gasteiger partial charge on any atom is 0.117 e. The number of nitrogens with zero attached hydrogens (tertiary/aromatic N) is 2. The van der Waals surface area contributed by atoms with Crippen molar-refractivity contribution in [1.82, 2.24) is 9.88 Å². The van der Waals surface area contributed by atoms with Crippen LogP contribution in [0.25, 0.3) is 0 Å². The summed E-state index contributed by atoms with van der Waals surface area (Å²) in [5, 5.41) is 10.3. The first-order chi connectivity index (χ1) is 7.40. The molecule has 1 aliphatic heterocycles. The lowest BCUT2D eigenvalue weighted by molar-refractivity contribution is 0.00409. The smallest absolute Gasteiger partial charge is 0.117 e. The molecule has 1 atom stereocenters. The van der Waals surface area contributed by atoms with Gasteiger partial charge >= 0.3 is 0 Å². The van der Waals surface area contributed by atoms with Gasteiger partial charge in [0.1, 0.15) is 5.60 Å². The minimum absolute atomic E-state index is 0.481. The molecule has 16 heavy (non-hydrogen) atoms. The van der Waals surface area contributed by atoms with Crippen molar-refractivity contribution in [2.24, 2.45) is 0 Å². The van der Waals surface area contributed by atoms with Gasteiger partial charge in [0, 0.05) is 19.3 Å². The summed E-state index contributed by atoms with van der Waals surface area (Å²) >= 11 is 0. The minimum Gasteiger partial charge on any atom is -0.382 e. The fourth-order valence-electron chi connectivity index (χ4n) is 2.40. The predicted octanol–water partition coefficient (Wildman–Crippen LogP) is 1.86. The quantitative estimate of drug-likeness (QED) is 0.784. The fourth-order valence-corrected chi connectivity index (χ4v) is 2.40. The maximum atomic E-state index is 10.3. The molecule has 2 rings (SSSR count). The van der Waals surface area contributed by atoms with Crippen LogP contribution >= 0.6 is 0 Å². The van der Waals surface area contributed by atoms with Gasteiger partial charge in [0.2, 0.25) is 0 Å². The Hall–Kier alpha value is -0.930. The van der Waals surface area contributed by atoms with Crippen LogP contribution in [0.15, 0.2) is 12.3 Å². The van der Waals surface area contributed by atoms with Gasteiger partial charge in [0.25, 0.3) is 0 Å². The number of hydrogen-bond acceptors (Lipinski definition) is 3. The number of pyridine rings is 1. The molecule has 0 bridgehead atoms. The first kappa shape index (κ1) is 11.6. The molecule has 3 heteroatoms. The van der Waals surface area contributed by atoms with Crippen LogP contribution in [-0.2, 0) is 12.1 Å². The van der Waals surface area contributed by atoms with Crippen molar-refractivity contribution in [3.8, 4) is 0 Å². The van der Waals surface area contributed by atoms with Gasteiger partial charge < -0.3 is 5.11 Å². The van der Waals surface area contributed by atoms with Crippen LogP contribution in [0.3, 0.4) is 0 Å². The third-order valence-electron chi connectivity index (χ3n) is 3.18. The van der Waals surface area contributed by atoms with Crippen LogP contribution in [0, 0.1) is 0 Å². The van der Waals surface area contributed by atoms with E-state index in [0.29, 0.717) is 12.5 Å². The van der Waals surface area contributed by atoms with Gasteiger partial charge in [0.05, 0.1) is 5.69 Å². The first-order valence-corrected chi connectivity index (χ1v) is 5.80. The lowest BCUT2D eigenvalue weighted by Gasteiger charge is -2.36. The number of aliphatic hydroxyl groups is 1. The normalized spacial score (nSPS) is 25.9. The Morgan fingerprint density at radius 1 is 1.50 bits per heavy atom. The Kier molecular flexibility index (Phi) is 2.76. The van der Waals surface area contributed by atoms with Crippen molar-refractivity contribution >= 4 is 0 Å². The molecule has 0 saturated heterocycles. The van der Waals surface area contributed by atoms with Gasteiger partial charge in [-0.3, -0.25) is 9.88 Å². The second kappa shape index (κ2) is 3.82. The van der Waals surface area contributed by atoms with E-state index in [4.69, 9.17) is 0 Å². The monoisotopic (exact) mass is 220 g/mol. The highest BCUT2D eigenvalue weighted by molar-refractivity contribution is 5.32. The van der Waals surface area contributed by atoms with E-state index >= 15 is 0 Å². The lowest BCUT2D eigenvalue weighted by Crippen LogP contribution is -2.42. The average molecular weight is 220 g/mol. The SMILES string of the molecule is CC(C)c1cnc2c(c1)CN(C)CC2(C)O. The topological polar surface area (TPSA) is 36.4 Å². The first-order valence-electron chi connectivity index (χ1n) is 5.80. The van der Waals surface area contributed by atoms with E-state index in [9.17, 15) is 5.11 Å². The van der Waals surface area contributed by atoms with Crippen molar-refractivity contribution in [3.63, 3.8) is 0 Å². The second-order valence-electron chi connectivity index (χ2n) is 5.38. The van der Waals surface area contributed by atoms with Gasteiger partial charge in [-0.15, -0.1) is 0 Å². The third-order valence-corrected chi connectivity index (χ3v) is 3.18. The Morgan fingerprint density at radius 3 is 2.81 bits per heavy atom. The van der Waals surface area contributed by atoms with E-state index in [1.807, 2.05) is 20.2 Å². The number of likely N-dealkylation sites (N-methyl/N-ethyl adjacent to an activating group) is 1. The molecule has 88 valence electrons. The van der Waals surface area contributed by atoms with Crippen molar-refractivity contribution in [2.45, 2.75) is 38.8 Å². The van der Waals surface area contributed by atoms with Crippen molar-refractivity contribution in [3.05, 3.63) is 29.1 Å². The van der Waals surface area contributed by atoms with Crippen LogP contribution < -0.4 is 0 Å². The van der Waals surface area contributed by atoms with Crippen LogP contribution in [0.5, 0.6) is 0 Å².